The van der Waals surface area contributed by atoms with E-state index in [9.17, 15) is 4.79 Å². The standard InChI is InChI=1S/C15H16ClN3O2/c16-13-5-1-2-6-14(13)19-10-11(9-17-19)18-15(20)8-12-4-3-7-21-12/h1-2,5-6,9-10,12H,3-4,7-8H2,(H,18,20)/t12-/m1/s1. The Balaban J connectivity index is 1.65. The smallest absolute Gasteiger partial charge is 0.227 e. The Morgan fingerprint density at radius 1 is 1.48 bits per heavy atom. The number of benzene rings is 1. The summed E-state index contributed by atoms with van der Waals surface area (Å²) >= 11 is 6.12. The first-order valence-electron chi connectivity index (χ1n) is 6.93. The first kappa shape index (κ1) is 14.1. The van der Waals surface area contributed by atoms with Crippen molar-refractivity contribution >= 4 is 23.2 Å². The second-order valence-corrected chi connectivity index (χ2v) is 5.42. The van der Waals surface area contributed by atoms with E-state index in [0.29, 0.717) is 17.1 Å². The number of hydrogen-bond acceptors (Lipinski definition) is 3. The Morgan fingerprint density at radius 2 is 2.33 bits per heavy atom. The van der Waals surface area contributed by atoms with Crippen LogP contribution in [0.5, 0.6) is 0 Å². The Labute approximate surface area is 127 Å². The van der Waals surface area contributed by atoms with E-state index < -0.39 is 0 Å². The third-order valence-electron chi connectivity index (χ3n) is 3.40. The summed E-state index contributed by atoms with van der Waals surface area (Å²) in [5, 5.41) is 7.66. The van der Waals surface area contributed by atoms with Crippen LogP contribution in [0.25, 0.3) is 5.69 Å². The SMILES string of the molecule is O=C(C[C@H]1CCCO1)Nc1cnn(-c2ccccc2Cl)c1. The molecule has 0 spiro atoms. The highest BCUT2D eigenvalue weighted by atomic mass is 35.5. The van der Waals surface area contributed by atoms with Crippen LogP contribution in [-0.2, 0) is 9.53 Å². The average molecular weight is 306 g/mol. The van der Waals surface area contributed by atoms with Gasteiger partial charge >= 0.3 is 0 Å². The zero-order chi connectivity index (χ0) is 14.7. The molecule has 21 heavy (non-hydrogen) atoms. The minimum absolute atomic E-state index is 0.0450. The van der Waals surface area contributed by atoms with E-state index in [2.05, 4.69) is 10.4 Å². The van der Waals surface area contributed by atoms with Gasteiger partial charge in [-0.25, -0.2) is 4.68 Å². The van der Waals surface area contributed by atoms with Crippen LogP contribution in [-0.4, -0.2) is 28.4 Å². The maximum absolute atomic E-state index is 11.9. The Kier molecular flexibility index (Phi) is 4.22. The van der Waals surface area contributed by atoms with E-state index in [4.69, 9.17) is 16.3 Å². The second-order valence-electron chi connectivity index (χ2n) is 5.01. The fourth-order valence-corrected chi connectivity index (χ4v) is 2.60. The molecule has 1 aromatic heterocycles. The van der Waals surface area contributed by atoms with Crippen molar-refractivity contribution in [2.45, 2.75) is 25.4 Å². The third-order valence-corrected chi connectivity index (χ3v) is 3.72. The molecule has 5 nitrogen and oxygen atoms in total. The van der Waals surface area contributed by atoms with Crippen molar-refractivity contribution in [3.05, 3.63) is 41.7 Å². The van der Waals surface area contributed by atoms with E-state index in [-0.39, 0.29) is 12.0 Å². The van der Waals surface area contributed by atoms with Crippen molar-refractivity contribution in [3.63, 3.8) is 0 Å². The summed E-state index contributed by atoms with van der Waals surface area (Å²) < 4.78 is 7.10. The number of ether oxygens (including phenoxy) is 1. The maximum Gasteiger partial charge on any atom is 0.227 e. The number of carbonyl (C=O) groups excluding carboxylic acids is 1. The molecule has 0 radical (unpaired) electrons. The molecule has 1 fully saturated rings. The second kappa shape index (κ2) is 6.28. The number of carbonyl (C=O) groups is 1. The van der Waals surface area contributed by atoms with Crippen LogP contribution >= 0.6 is 11.6 Å². The third kappa shape index (κ3) is 3.43. The lowest BCUT2D eigenvalue weighted by atomic mass is 10.2. The molecule has 110 valence electrons. The zero-order valence-corrected chi connectivity index (χ0v) is 12.2. The zero-order valence-electron chi connectivity index (χ0n) is 11.5. The number of nitrogens with zero attached hydrogens (tertiary/aromatic N) is 2. The van der Waals surface area contributed by atoms with Gasteiger partial charge in [-0.2, -0.15) is 5.10 Å². The van der Waals surface area contributed by atoms with Gasteiger partial charge in [-0.3, -0.25) is 4.79 Å². The van der Waals surface area contributed by atoms with Crippen LogP contribution in [0.15, 0.2) is 36.7 Å². The van der Waals surface area contributed by atoms with Gasteiger partial charge in [-0.05, 0) is 25.0 Å². The number of rotatable bonds is 4. The lowest BCUT2D eigenvalue weighted by molar-refractivity contribution is -0.118. The molecular weight excluding hydrogens is 290 g/mol. The van der Waals surface area contributed by atoms with Crippen molar-refractivity contribution in [1.29, 1.82) is 0 Å². The number of aromatic nitrogens is 2. The van der Waals surface area contributed by atoms with Gasteiger partial charge in [-0.1, -0.05) is 23.7 Å². The van der Waals surface area contributed by atoms with Crippen molar-refractivity contribution in [1.82, 2.24) is 9.78 Å². The predicted octanol–water partition coefficient (Wildman–Crippen LogP) is 3.03. The van der Waals surface area contributed by atoms with Crippen LogP contribution in [0.4, 0.5) is 5.69 Å². The summed E-state index contributed by atoms with van der Waals surface area (Å²) in [6.45, 7) is 0.752. The van der Waals surface area contributed by atoms with E-state index >= 15 is 0 Å². The molecule has 0 bridgehead atoms. The molecule has 1 atom stereocenters. The number of para-hydroxylation sites is 1. The molecule has 1 aromatic carbocycles. The molecular formula is C15H16ClN3O2. The van der Waals surface area contributed by atoms with Crippen molar-refractivity contribution < 1.29 is 9.53 Å². The molecule has 0 saturated carbocycles. The summed E-state index contributed by atoms with van der Waals surface area (Å²) in [6, 6.07) is 7.42. The summed E-state index contributed by atoms with van der Waals surface area (Å²) in [6.07, 6.45) is 5.76. The van der Waals surface area contributed by atoms with Gasteiger partial charge in [0.25, 0.3) is 0 Å². The maximum atomic E-state index is 11.9. The van der Waals surface area contributed by atoms with E-state index in [1.54, 1.807) is 23.1 Å². The average Bonchev–Trinajstić information content (AvgIpc) is 3.11. The Hall–Kier alpha value is -1.85. The summed E-state index contributed by atoms with van der Waals surface area (Å²) in [4.78, 5) is 11.9. The van der Waals surface area contributed by atoms with Gasteiger partial charge in [0.1, 0.15) is 0 Å². The van der Waals surface area contributed by atoms with Gasteiger partial charge in [0.15, 0.2) is 0 Å². The van der Waals surface area contributed by atoms with Gasteiger partial charge in [-0.15, -0.1) is 0 Å². The van der Waals surface area contributed by atoms with Crippen molar-refractivity contribution in [3.8, 4) is 5.69 Å². The number of anilines is 1. The quantitative estimate of drug-likeness (QED) is 0.944. The lowest BCUT2D eigenvalue weighted by Gasteiger charge is -2.08. The largest absolute Gasteiger partial charge is 0.378 e. The summed E-state index contributed by atoms with van der Waals surface area (Å²) in [5.74, 6) is -0.0550. The Bertz CT molecular complexity index is 635. The van der Waals surface area contributed by atoms with Crippen LogP contribution in [0.2, 0.25) is 5.02 Å². The predicted molar refractivity (Wildman–Crippen MR) is 80.8 cm³/mol. The molecule has 1 N–H and O–H groups in total. The first-order valence-corrected chi connectivity index (χ1v) is 7.31. The van der Waals surface area contributed by atoms with Crippen molar-refractivity contribution in [2.75, 3.05) is 11.9 Å². The van der Waals surface area contributed by atoms with Crippen molar-refractivity contribution in [2.24, 2.45) is 0 Å². The monoisotopic (exact) mass is 305 g/mol. The van der Waals surface area contributed by atoms with E-state index in [1.165, 1.54) is 0 Å². The Morgan fingerprint density at radius 3 is 3.10 bits per heavy atom. The van der Waals surface area contributed by atoms with Gasteiger partial charge in [0, 0.05) is 6.61 Å². The van der Waals surface area contributed by atoms with Crippen LogP contribution < -0.4 is 5.32 Å². The highest BCUT2D eigenvalue weighted by Gasteiger charge is 2.19. The number of hydrogen-bond donors (Lipinski definition) is 1. The molecule has 2 aromatic rings. The lowest BCUT2D eigenvalue weighted by Crippen LogP contribution is -2.18. The highest BCUT2D eigenvalue weighted by Crippen LogP contribution is 2.21. The van der Waals surface area contributed by atoms with Crippen LogP contribution in [0, 0.1) is 0 Å². The van der Waals surface area contributed by atoms with Gasteiger partial charge in [0.2, 0.25) is 5.91 Å². The van der Waals surface area contributed by atoms with Gasteiger partial charge in [0.05, 0.1) is 41.3 Å². The van der Waals surface area contributed by atoms with Crippen LogP contribution in [0.1, 0.15) is 19.3 Å². The number of amides is 1. The van der Waals surface area contributed by atoms with Gasteiger partial charge < -0.3 is 10.1 Å². The highest BCUT2D eigenvalue weighted by molar-refractivity contribution is 6.32. The molecule has 0 unspecified atom stereocenters. The van der Waals surface area contributed by atoms with E-state index in [1.807, 2.05) is 18.2 Å². The molecule has 1 saturated heterocycles. The minimum Gasteiger partial charge on any atom is -0.378 e. The summed E-state index contributed by atoms with van der Waals surface area (Å²) in [5.41, 5.74) is 1.43. The topological polar surface area (TPSA) is 56.1 Å². The van der Waals surface area contributed by atoms with Crippen LogP contribution in [0.3, 0.4) is 0 Å². The fourth-order valence-electron chi connectivity index (χ4n) is 2.38. The minimum atomic E-state index is -0.0550. The molecule has 2 heterocycles. The van der Waals surface area contributed by atoms with E-state index in [0.717, 1.165) is 25.1 Å². The molecule has 1 amide bonds. The summed E-state index contributed by atoms with van der Waals surface area (Å²) in [7, 11) is 0. The molecule has 1 aliphatic rings. The molecule has 3 rings (SSSR count). The molecule has 1 aliphatic heterocycles. The normalized spacial score (nSPS) is 17.9. The number of halogens is 1. The fraction of sp³-hybridized carbons (Fsp3) is 0.333. The molecule has 0 aliphatic carbocycles. The first-order chi connectivity index (χ1) is 10.2. The molecule has 6 heteroatoms. The number of nitrogens with one attached hydrogen (secondary N) is 1.